The molecule has 0 bridgehead atoms. The molecule has 1 N–H and O–H groups in total. The summed E-state index contributed by atoms with van der Waals surface area (Å²) in [6, 6.07) is 6.71. The Balaban J connectivity index is 2.22. The molecular formula is C21H20ClF2N3O3. The number of hydrogen-bond acceptors (Lipinski definition) is 4. The first-order chi connectivity index (χ1) is 14.0. The molecule has 3 rings (SSSR count). The molecule has 0 spiro atoms. The molecule has 158 valence electrons. The second-order valence-electron chi connectivity index (χ2n) is 7.74. The zero-order chi connectivity index (χ0) is 22.2. The van der Waals surface area contributed by atoms with Crippen LogP contribution in [0.3, 0.4) is 0 Å². The number of halogens is 3. The zero-order valence-electron chi connectivity index (χ0n) is 16.8. The number of nitrogens with zero attached hydrogens (tertiary/aromatic N) is 2. The van der Waals surface area contributed by atoms with Gasteiger partial charge in [-0.3, -0.25) is 9.36 Å². The van der Waals surface area contributed by atoms with Gasteiger partial charge in [0.15, 0.2) is 0 Å². The number of aromatic nitrogens is 2. The maximum absolute atomic E-state index is 14.4. The molecule has 0 aliphatic rings. The molecule has 0 aliphatic heterocycles. The summed E-state index contributed by atoms with van der Waals surface area (Å²) < 4.78 is 34.6. The number of ether oxygens (including phenoxy) is 1. The van der Waals surface area contributed by atoms with Crippen LogP contribution >= 0.6 is 11.6 Å². The SMILES string of the molecule is CC(NC(=O)OC(C)(C)C)c1nc2cccc(F)c2c(=O)n1-c1cc(F)cc(Cl)c1. The molecule has 1 heterocycles. The van der Waals surface area contributed by atoms with E-state index in [4.69, 9.17) is 16.3 Å². The Labute approximate surface area is 176 Å². The van der Waals surface area contributed by atoms with E-state index in [0.717, 1.165) is 22.8 Å². The van der Waals surface area contributed by atoms with Gasteiger partial charge in [-0.1, -0.05) is 17.7 Å². The van der Waals surface area contributed by atoms with Gasteiger partial charge in [-0.25, -0.2) is 18.6 Å². The predicted molar refractivity (Wildman–Crippen MR) is 110 cm³/mol. The van der Waals surface area contributed by atoms with Gasteiger partial charge in [-0.2, -0.15) is 0 Å². The first-order valence-corrected chi connectivity index (χ1v) is 9.51. The third-order valence-electron chi connectivity index (χ3n) is 4.10. The Kier molecular flexibility index (Phi) is 5.81. The number of benzene rings is 2. The van der Waals surface area contributed by atoms with E-state index in [9.17, 15) is 18.4 Å². The molecule has 1 unspecified atom stereocenters. The number of carbonyl (C=O) groups excluding carboxylic acids is 1. The van der Waals surface area contributed by atoms with Gasteiger partial charge >= 0.3 is 6.09 Å². The highest BCUT2D eigenvalue weighted by atomic mass is 35.5. The lowest BCUT2D eigenvalue weighted by Crippen LogP contribution is -2.37. The molecule has 9 heteroatoms. The number of hydrogen-bond donors (Lipinski definition) is 1. The minimum Gasteiger partial charge on any atom is -0.444 e. The molecular weight excluding hydrogens is 416 g/mol. The van der Waals surface area contributed by atoms with Crippen LogP contribution in [0, 0.1) is 11.6 Å². The lowest BCUT2D eigenvalue weighted by molar-refractivity contribution is 0.0505. The number of nitrogens with one attached hydrogen (secondary N) is 1. The van der Waals surface area contributed by atoms with Crippen LogP contribution in [-0.4, -0.2) is 21.2 Å². The van der Waals surface area contributed by atoms with Crippen LogP contribution in [0.1, 0.15) is 39.6 Å². The summed E-state index contributed by atoms with van der Waals surface area (Å²) in [6.45, 7) is 6.70. The van der Waals surface area contributed by atoms with Gasteiger partial charge in [-0.05, 0) is 58.0 Å². The van der Waals surface area contributed by atoms with E-state index in [-0.39, 0.29) is 27.4 Å². The first kappa shape index (κ1) is 21.7. The van der Waals surface area contributed by atoms with Gasteiger partial charge in [0.1, 0.15) is 28.4 Å². The molecule has 0 saturated heterocycles. The fourth-order valence-corrected chi connectivity index (χ4v) is 3.18. The van der Waals surface area contributed by atoms with Crippen molar-refractivity contribution < 1.29 is 18.3 Å². The van der Waals surface area contributed by atoms with Crippen LogP contribution < -0.4 is 10.9 Å². The smallest absolute Gasteiger partial charge is 0.408 e. The molecule has 2 aromatic carbocycles. The Morgan fingerprint density at radius 3 is 2.57 bits per heavy atom. The molecule has 0 radical (unpaired) electrons. The topological polar surface area (TPSA) is 73.2 Å². The van der Waals surface area contributed by atoms with Crippen molar-refractivity contribution in [3.8, 4) is 5.69 Å². The van der Waals surface area contributed by atoms with Gasteiger partial charge in [0.2, 0.25) is 0 Å². The van der Waals surface area contributed by atoms with Crippen molar-refractivity contribution >= 4 is 28.6 Å². The van der Waals surface area contributed by atoms with Gasteiger partial charge in [0.05, 0.1) is 17.2 Å². The van der Waals surface area contributed by atoms with Crippen LogP contribution in [0.15, 0.2) is 41.2 Å². The van der Waals surface area contributed by atoms with Crippen molar-refractivity contribution in [1.82, 2.24) is 14.9 Å². The monoisotopic (exact) mass is 435 g/mol. The molecule has 1 aromatic heterocycles. The number of alkyl carbamates (subject to hydrolysis) is 1. The average molecular weight is 436 g/mol. The Bertz CT molecular complexity index is 1170. The summed E-state index contributed by atoms with van der Waals surface area (Å²) in [5.41, 5.74) is -1.34. The first-order valence-electron chi connectivity index (χ1n) is 9.13. The van der Waals surface area contributed by atoms with Gasteiger partial charge in [0, 0.05) is 5.02 Å². The number of fused-ring (bicyclic) bond motifs is 1. The third-order valence-corrected chi connectivity index (χ3v) is 4.32. The van der Waals surface area contributed by atoms with Crippen LogP contribution in [0.5, 0.6) is 0 Å². The highest BCUT2D eigenvalue weighted by molar-refractivity contribution is 6.30. The van der Waals surface area contributed by atoms with Gasteiger partial charge in [-0.15, -0.1) is 0 Å². The van der Waals surface area contributed by atoms with Crippen LogP contribution in [0.2, 0.25) is 5.02 Å². The quantitative estimate of drug-likeness (QED) is 0.634. The molecule has 3 aromatic rings. The third kappa shape index (κ3) is 4.59. The van der Waals surface area contributed by atoms with Crippen molar-refractivity contribution in [3.63, 3.8) is 0 Å². The summed E-state index contributed by atoms with van der Waals surface area (Å²) in [4.78, 5) is 29.8. The summed E-state index contributed by atoms with van der Waals surface area (Å²) in [7, 11) is 0. The maximum atomic E-state index is 14.4. The Morgan fingerprint density at radius 2 is 1.93 bits per heavy atom. The van der Waals surface area contributed by atoms with Crippen LogP contribution in [-0.2, 0) is 4.74 Å². The van der Waals surface area contributed by atoms with E-state index in [1.807, 2.05) is 0 Å². The maximum Gasteiger partial charge on any atom is 0.408 e. The molecule has 0 fully saturated rings. The van der Waals surface area contributed by atoms with Gasteiger partial charge < -0.3 is 10.1 Å². The predicted octanol–water partition coefficient (Wildman–Crippen LogP) is 4.90. The van der Waals surface area contributed by atoms with Crippen LogP contribution in [0.25, 0.3) is 16.6 Å². The molecule has 1 amide bonds. The van der Waals surface area contributed by atoms with E-state index in [0.29, 0.717) is 0 Å². The second kappa shape index (κ2) is 8.02. The van der Waals surface area contributed by atoms with Crippen molar-refractivity contribution in [1.29, 1.82) is 0 Å². The lowest BCUT2D eigenvalue weighted by atomic mass is 10.2. The van der Waals surface area contributed by atoms with E-state index in [2.05, 4.69) is 10.3 Å². The normalized spacial score (nSPS) is 12.6. The van der Waals surface area contributed by atoms with Crippen molar-refractivity contribution in [3.05, 3.63) is 69.2 Å². The fourth-order valence-electron chi connectivity index (χ4n) is 2.96. The number of carbonyl (C=O) groups is 1. The largest absolute Gasteiger partial charge is 0.444 e. The number of rotatable bonds is 3. The summed E-state index contributed by atoms with van der Waals surface area (Å²) in [5, 5.41) is 2.38. The summed E-state index contributed by atoms with van der Waals surface area (Å²) >= 11 is 5.95. The average Bonchev–Trinajstić information content (AvgIpc) is 2.58. The Morgan fingerprint density at radius 1 is 1.23 bits per heavy atom. The van der Waals surface area contributed by atoms with Crippen molar-refractivity contribution in [2.45, 2.75) is 39.3 Å². The second-order valence-corrected chi connectivity index (χ2v) is 8.18. The molecule has 30 heavy (non-hydrogen) atoms. The van der Waals surface area contributed by atoms with E-state index < -0.39 is 34.9 Å². The summed E-state index contributed by atoms with van der Waals surface area (Å²) in [6.07, 6.45) is -0.729. The number of amides is 1. The Hall–Kier alpha value is -3.00. The molecule has 1 atom stereocenters. The van der Waals surface area contributed by atoms with Crippen molar-refractivity contribution in [2.24, 2.45) is 0 Å². The van der Waals surface area contributed by atoms with E-state index in [1.165, 1.54) is 18.2 Å². The van der Waals surface area contributed by atoms with E-state index in [1.54, 1.807) is 27.7 Å². The molecule has 0 saturated carbocycles. The lowest BCUT2D eigenvalue weighted by Gasteiger charge is -2.23. The summed E-state index contributed by atoms with van der Waals surface area (Å²) in [5.74, 6) is -1.39. The van der Waals surface area contributed by atoms with Gasteiger partial charge in [0.25, 0.3) is 5.56 Å². The fraction of sp³-hybridized carbons (Fsp3) is 0.286. The molecule has 0 aliphatic carbocycles. The highest BCUT2D eigenvalue weighted by Crippen LogP contribution is 2.23. The zero-order valence-corrected chi connectivity index (χ0v) is 17.6. The van der Waals surface area contributed by atoms with E-state index >= 15 is 0 Å². The highest BCUT2D eigenvalue weighted by Gasteiger charge is 2.24. The minimum atomic E-state index is -0.831. The standard InChI is InChI=1S/C21H20ClF2N3O3/c1-11(25-20(29)30-21(2,3)4)18-26-16-7-5-6-15(24)17(16)19(28)27(18)14-9-12(22)8-13(23)10-14/h5-11H,1-4H3,(H,25,29). The molecule has 6 nitrogen and oxygen atoms in total. The van der Waals surface area contributed by atoms with Crippen LogP contribution in [0.4, 0.5) is 13.6 Å². The minimum absolute atomic E-state index is 0.0456. The van der Waals surface area contributed by atoms with Crippen molar-refractivity contribution in [2.75, 3.05) is 0 Å².